The van der Waals surface area contributed by atoms with E-state index < -0.39 is 37.6 Å². The molecule has 0 aliphatic carbocycles. The molecule has 0 unspecified atom stereocenters. The highest BCUT2D eigenvalue weighted by Gasteiger charge is 2.32. The Morgan fingerprint density at radius 1 is 0.814 bits per heavy atom. The minimum atomic E-state index is -1.18. The Kier molecular flexibility index (Phi) is 10.9. The number of hydrogen-bond donors (Lipinski definition) is 1. The van der Waals surface area contributed by atoms with Gasteiger partial charge in [0.15, 0.2) is 5.78 Å². The van der Waals surface area contributed by atoms with Crippen LogP contribution in [0, 0.1) is 0 Å². The number of nitrogens with zero attached hydrogens (tertiary/aromatic N) is 1. The second-order valence-corrected chi connectivity index (χ2v) is 11.8. The number of ether oxygens (including phenoxy) is 1. The number of methoxy groups -OCH3 is 1. The molecule has 1 saturated heterocycles. The topological polar surface area (TPSA) is 136 Å². The van der Waals surface area contributed by atoms with Gasteiger partial charge >= 0.3 is 11.9 Å². The normalized spacial score (nSPS) is 12.7. The van der Waals surface area contributed by atoms with Crippen molar-refractivity contribution in [2.75, 3.05) is 13.7 Å². The molecule has 1 fully saturated rings. The molecule has 43 heavy (non-hydrogen) atoms. The van der Waals surface area contributed by atoms with Crippen molar-refractivity contribution in [2.45, 2.75) is 38.5 Å². The van der Waals surface area contributed by atoms with Gasteiger partial charge in [0.25, 0.3) is 11.8 Å². The van der Waals surface area contributed by atoms with Crippen molar-refractivity contribution in [1.29, 1.82) is 0 Å². The fourth-order valence-corrected chi connectivity index (χ4v) is 6.95. The number of amides is 3. The number of carbonyl (C=O) groups is 6. The number of nitrogens with one attached hydrogen (secondary N) is 1. The standard InChI is InChI=1S/C32H31N2O8P/c1-41-32(40)25-15-14-22(21-27(25)43(23-9-4-2-5-10-23)24-11-6-3-7-12-24)26(35)13-8-20-33-28(36)16-19-31(39)42-34-29(37)17-18-30(34)38/h2-7,9-12,14-15,21H,8,13,16-20H2,1H3,(H,33,36). The summed E-state index contributed by atoms with van der Waals surface area (Å²) < 4.78 is 5.06. The van der Waals surface area contributed by atoms with Gasteiger partial charge in [-0.1, -0.05) is 66.7 Å². The van der Waals surface area contributed by atoms with Gasteiger partial charge in [-0.25, -0.2) is 9.59 Å². The number of hydroxylamine groups is 2. The molecule has 0 atom stereocenters. The molecule has 1 heterocycles. The second-order valence-electron chi connectivity index (χ2n) is 9.65. The van der Waals surface area contributed by atoms with Crippen LogP contribution < -0.4 is 21.2 Å². The van der Waals surface area contributed by atoms with Crippen LogP contribution in [0.5, 0.6) is 0 Å². The average Bonchev–Trinajstić information content (AvgIpc) is 3.34. The van der Waals surface area contributed by atoms with E-state index in [2.05, 4.69) is 5.32 Å². The fourth-order valence-electron chi connectivity index (χ4n) is 4.48. The Morgan fingerprint density at radius 2 is 1.42 bits per heavy atom. The lowest BCUT2D eigenvalue weighted by Crippen LogP contribution is -2.32. The summed E-state index contributed by atoms with van der Waals surface area (Å²) in [4.78, 5) is 77.8. The first-order valence-electron chi connectivity index (χ1n) is 13.8. The molecule has 0 spiro atoms. The lowest BCUT2D eigenvalue weighted by atomic mass is 10.0. The Bertz CT molecular complexity index is 1450. The predicted molar refractivity (Wildman–Crippen MR) is 159 cm³/mol. The molecule has 11 heteroatoms. The molecule has 3 amide bonds. The summed E-state index contributed by atoms with van der Waals surface area (Å²) in [5, 5.41) is 5.84. The monoisotopic (exact) mass is 602 g/mol. The first kappa shape index (κ1) is 31.3. The summed E-state index contributed by atoms with van der Waals surface area (Å²) in [7, 11) is 0.146. The van der Waals surface area contributed by atoms with Crippen LogP contribution in [-0.2, 0) is 28.8 Å². The minimum absolute atomic E-state index is 0.0103. The van der Waals surface area contributed by atoms with Crippen molar-refractivity contribution < 1.29 is 38.3 Å². The van der Waals surface area contributed by atoms with Gasteiger partial charge in [0, 0.05) is 43.1 Å². The van der Waals surface area contributed by atoms with Crippen molar-refractivity contribution >= 4 is 59.3 Å². The molecule has 0 bridgehead atoms. The number of rotatable bonds is 13. The zero-order valence-corrected chi connectivity index (χ0v) is 24.5. The molecule has 0 aromatic heterocycles. The van der Waals surface area contributed by atoms with Gasteiger partial charge in [0.05, 0.1) is 19.1 Å². The van der Waals surface area contributed by atoms with E-state index in [0.717, 1.165) is 10.6 Å². The third kappa shape index (κ3) is 8.20. The lowest BCUT2D eigenvalue weighted by molar-refractivity contribution is -0.197. The highest BCUT2D eigenvalue weighted by atomic mass is 31.1. The van der Waals surface area contributed by atoms with Crippen LogP contribution in [0.2, 0.25) is 0 Å². The molecule has 1 N–H and O–H groups in total. The number of esters is 1. The van der Waals surface area contributed by atoms with Crippen LogP contribution in [0.25, 0.3) is 0 Å². The Morgan fingerprint density at radius 3 is 2.00 bits per heavy atom. The van der Waals surface area contributed by atoms with Gasteiger partial charge in [0.1, 0.15) is 0 Å². The largest absolute Gasteiger partial charge is 0.465 e. The highest BCUT2D eigenvalue weighted by molar-refractivity contribution is 7.80. The van der Waals surface area contributed by atoms with E-state index in [9.17, 15) is 28.8 Å². The second kappa shape index (κ2) is 15.0. The first-order valence-corrected chi connectivity index (χ1v) is 15.1. The molecule has 222 valence electrons. The SMILES string of the molecule is COC(=O)c1ccc(C(=O)CCCNC(=O)CCC(=O)ON2C(=O)CCC2=O)cc1P(c1ccccc1)c1ccccc1. The smallest absolute Gasteiger partial charge is 0.338 e. The maximum Gasteiger partial charge on any atom is 0.338 e. The summed E-state index contributed by atoms with van der Waals surface area (Å²) in [5.41, 5.74) is 0.837. The van der Waals surface area contributed by atoms with Crippen molar-refractivity contribution in [3.05, 3.63) is 90.0 Å². The van der Waals surface area contributed by atoms with Crippen LogP contribution in [0.15, 0.2) is 78.9 Å². The molecule has 10 nitrogen and oxygen atoms in total. The summed E-state index contributed by atoms with van der Waals surface area (Å²) >= 11 is 0. The molecule has 4 rings (SSSR count). The number of ketones is 1. The van der Waals surface area contributed by atoms with E-state index in [1.165, 1.54) is 7.11 Å². The van der Waals surface area contributed by atoms with Crippen LogP contribution in [0.1, 0.15) is 59.2 Å². The number of hydrogen-bond acceptors (Lipinski definition) is 8. The number of Topliss-reactive ketones (excluding diaryl/α,β-unsaturated/α-hetero) is 1. The third-order valence-corrected chi connectivity index (χ3v) is 9.13. The molecule has 3 aromatic carbocycles. The third-order valence-electron chi connectivity index (χ3n) is 6.65. The van der Waals surface area contributed by atoms with Crippen molar-refractivity contribution in [1.82, 2.24) is 10.4 Å². The maximum absolute atomic E-state index is 13.2. The minimum Gasteiger partial charge on any atom is -0.465 e. The average molecular weight is 603 g/mol. The van der Waals surface area contributed by atoms with Gasteiger partial charge in [-0.05, 0) is 37.1 Å². The van der Waals surface area contributed by atoms with Gasteiger partial charge in [-0.2, -0.15) is 0 Å². The summed E-state index contributed by atoms with van der Waals surface area (Å²) in [6, 6.07) is 24.6. The van der Waals surface area contributed by atoms with Crippen LogP contribution >= 0.6 is 7.92 Å². The zero-order valence-electron chi connectivity index (χ0n) is 23.6. The number of imide groups is 1. The summed E-state index contributed by atoms with van der Waals surface area (Å²) in [6.45, 7) is 0.205. The molecule has 1 aliphatic rings. The molecule has 3 aromatic rings. The zero-order chi connectivity index (χ0) is 30.8. The lowest BCUT2D eigenvalue weighted by Gasteiger charge is -2.22. The van der Waals surface area contributed by atoms with E-state index in [1.54, 1.807) is 18.2 Å². The van der Waals surface area contributed by atoms with Crippen LogP contribution in [-0.4, -0.2) is 54.2 Å². The summed E-state index contributed by atoms with van der Waals surface area (Å²) in [6.07, 6.45) is -0.0147. The van der Waals surface area contributed by atoms with Crippen LogP contribution in [0.3, 0.4) is 0 Å². The van der Waals surface area contributed by atoms with Crippen molar-refractivity contribution in [3.8, 4) is 0 Å². The fraction of sp³-hybridized carbons (Fsp3) is 0.250. The molecular weight excluding hydrogens is 571 g/mol. The number of benzene rings is 3. The summed E-state index contributed by atoms with van der Waals surface area (Å²) in [5.74, 6) is -3.09. The first-order chi connectivity index (χ1) is 20.8. The Balaban J connectivity index is 1.38. The van der Waals surface area contributed by atoms with E-state index in [-0.39, 0.29) is 44.4 Å². The predicted octanol–water partition coefficient (Wildman–Crippen LogP) is 2.70. The van der Waals surface area contributed by atoms with Gasteiger partial charge in [0.2, 0.25) is 5.91 Å². The Hall–Kier alpha value is -4.69. The van der Waals surface area contributed by atoms with Crippen molar-refractivity contribution in [3.63, 3.8) is 0 Å². The highest BCUT2D eigenvalue weighted by Crippen LogP contribution is 2.35. The Labute approximate surface area is 250 Å². The van der Waals surface area contributed by atoms with Gasteiger partial charge in [-0.15, -0.1) is 5.06 Å². The molecule has 1 aliphatic heterocycles. The van der Waals surface area contributed by atoms with Crippen molar-refractivity contribution in [2.24, 2.45) is 0 Å². The van der Waals surface area contributed by atoms with Gasteiger partial charge in [-0.3, -0.25) is 19.2 Å². The van der Waals surface area contributed by atoms with E-state index >= 15 is 0 Å². The quantitative estimate of drug-likeness (QED) is 0.104. The van der Waals surface area contributed by atoms with Crippen LogP contribution in [0.4, 0.5) is 0 Å². The number of carbonyl (C=O) groups excluding carboxylic acids is 6. The molecule has 0 saturated carbocycles. The van der Waals surface area contributed by atoms with E-state index in [0.29, 0.717) is 27.9 Å². The van der Waals surface area contributed by atoms with Gasteiger partial charge < -0.3 is 14.9 Å². The molecule has 0 radical (unpaired) electrons. The maximum atomic E-state index is 13.2. The van der Waals surface area contributed by atoms with E-state index in [4.69, 9.17) is 9.57 Å². The van der Waals surface area contributed by atoms with E-state index in [1.807, 2.05) is 60.7 Å². The molecular formula is C32H31N2O8P.